The largest absolute Gasteiger partial charge is 0.467 e. The van der Waals surface area contributed by atoms with Crippen molar-refractivity contribution in [3.8, 4) is 0 Å². The minimum absolute atomic E-state index is 0.0673. The first-order valence-corrected chi connectivity index (χ1v) is 10.0. The van der Waals surface area contributed by atoms with Gasteiger partial charge in [-0.05, 0) is 42.8 Å². The SMILES string of the molecule is COC(=O)[C@H](CCS(=O)(=O)c1ccccc1)NC(=O)c1ccc(C(F)(F)F)cc1. The van der Waals surface area contributed by atoms with Gasteiger partial charge in [-0.2, -0.15) is 13.2 Å². The van der Waals surface area contributed by atoms with E-state index in [-0.39, 0.29) is 16.9 Å². The maximum Gasteiger partial charge on any atom is 0.416 e. The van der Waals surface area contributed by atoms with E-state index >= 15 is 0 Å². The van der Waals surface area contributed by atoms with Gasteiger partial charge in [0.2, 0.25) is 0 Å². The first-order valence-electron chi connectivity index (χ1n) is 8.38. The predicted molar refractivity (Wildman–Crippen MR) is 97.8 cm³/mol. The molecule has 0 spiro atoms. The van der Waals surface area contributed by atoms with Gasteiger partial charge in [-0.15, -0.1) is 0 Å². The van der Waals surface area contributed by atoms with Crippen LogP contribution in [0.5, 0.6) is 0 Å². The molecule has 2 rings (SSSR count). The minimum Gasteiger partial charge on any atom is -0.467 e. The molecule has 0 radical (unpaired) electrons. The Morgan fingerprint density at radius 2 is 1.62 bits per heavy atom. The Balaban J connectivity index is 2.10. The highest BCUT2D eigenvalue weighted by atomic mass is 32.2. The second-order valence-electron chi connectivity index (χ2n) is 6.04. The monoisotopic (exact) mass is 429 g/mol. The molecule has 0 unspecified atom stereocenters. The average Bonchev–Trinajstić information content (AvgIpc) is 2.70. The van der Waals surface area contributed by atoms with Crippen molar-refractivity contribution in [1.29, 1.82) is 0 Å². The number of nitrogens with one attached hydrogen (secondary N) is 1. The van der Waals surface area contributed by atoms with Crippen LogP contribution in [0.4, 0.5) is 13.2 Å². The molecule has 1 amide bonds. The minimum atomic E-state index is -4.55. The van der Waals surface area contributed by atoms with E-state index in [2.05, 4.69) is 10.1 Å². The van der Waals surface area contributed by atoms with E-state index in [1.54, 1.807) is 18.2 Å². The first-order chi connectivity index (χ1) is 13.5. The van der Waals surface area contributed by atoms with E-state index in [0.29, 0.717) is 0 Å². The Labute approximate surface area is 165 Å². The van der Waals surface area contributed by atoms with Gasteiger partial charge < -0.3 is 10.1 Å². The van der Waals surface area contributed by atoms with E-state index < -0.39 is 45.2 Å². The molecule has 0 heterocycles. The van der Waals surface area contributed by atoms with E-state index in [0.717, 1.165) is 31.4 Å². The molecule has 0 aliphatic rings. The summed E-state index contributed by atoms with van der Waals surface area (Å²) in [5.41, 5.74) is -1.04. The van der Waals surface area contributed by atoms with Crippen molar-refractivity contribution < 1.29 is 35.9 Å². The zero-order valence-electron chi connectivity index (χ0n) is 15.3. The average molecular weight is 429 g/mol. The van der Waals surface area contributed by atoms with Gasteiger partial charge in [0.1, 0.15) is 6.04 Å². The molecule has 2 aromatic rings. The molecule has 10 heteroatoms. The highest BCUT2D eigenvalue weighted by molar-refractivity contribution is 7.91. The first kappa shape index (κ1) is 22.4. The van der Waals surface area contributed by atoms with Gasteiger partial charge in [-0.1, -0.05) is 18.2 Å². The number of ether oxygens (including phenoxy) is 1. The van der Waals surface area contributed by atoms with Crippen molar-refractivity contribution in [3.63, 3.8) is 0 Å². The Kier molecular flexibility index (Phi) is 7.02. The maximum atomic E-state index is 12.6. The number of benzene rings is 2. The standard InChI is InChI=1S/C19H18F3NO5S/c1-28-18(25)16(11-12-29(26,27)15-5-3-2-4-6-15)23-17(24)13-7-9-14(10-8-13)19(20,21)22/h2-10,16H,11-12H2,1H3,(H,23,24)/t16-/m0/s1. The van der Waals surface area contributed by atoms with Gasteiger partial charge in [0.15, 0.2) is 9.84 Å². The molecule has 2 aromatic carbocycles. The van der Waals surface area contributed by atoms with Crippen molar-refractivity contribution >= 4 is 21.7 Å². The maximum absolute atomic E-state index is 12.6. The number of amides is 1. The second kappa shape index (κ2) is 9.08. The van der Waals surface area contributed by atoms with Crippen molar-refractivity contribution in [2.45, 2.75) is 23.5 Å². The van der Waals surface area contributed by atoms with E-state index in [1.165, 1.54) is 12.1 Å². The number of methoxy groups -OCH3 is 1. The lowest BCUT2D eigenvalue weighted by Crippen LogP contribution is -2.42. The molecule has 1 N–H and O–H groups in total. The number of esters is 1. The molecule has 156 valence electrons. The van der Waals surface area contributed by atoms with Crippen LogP contribution < -0.4 is 5.32 Å². The number of carbonyl (C=O) groups is 2. The number of carbonyl (C=O) groups excluding carboxylic acids is 2. The molecular weight excluding hydrogens is 411 g/mol. The van der Waals surface area contributed by atoms with Crippen LogP contribution in [-0.4, -0.2) is 39.2 Å². The fourth-order valence-corrected chi connectivity index (χ4v) is 3.82. The molecule has 0 saturated heterocycles. The molecule has 1 atom stereocenters. The molecule has 0 aliphatic carbocycles. The Morgan fingerprint density at radius 3 is 2.14 bits per heavy atom. The summed E-state index contributed by atoms with van der Waals surface area (Å²) in [5, 5.41) is 2.31. The fraction of sp³-hybridized carbons (Fsp3) is 0.263. The van der Waals surface area contributed by atoms with Gasteiger partial charge in [0, 0.05) is 5.56 Å². The molecule has 0 fully saturated rings. The lowest BCUT2D eigenvalue weighted by atomic mass is 10.1. The van der Waals surface area contributed by atoms with Crippen molar-refractivity contribution in [2.24, 2.45) is 0 Å². The van der Waals surface area contributed by atoms with E-state index in [4.69, 9.17) is 0 Å². The lowest BCUT2D eigenvalue weighted by Gasteiger charge is -2.17. The van der Waals surface area contributed by atoms with Crippen LogP contribution in [0.1, 0.15) is 22.3 Å². The third-order valence-corrected chi connectivity index (χ3v) is 5.81. The van der Waals surface area contributed by atoms with E-state index in [9.17, 15) is 31.2 Å². The number of rotatable bonds is 7. The number of halogens is 3. The van der Waals surface area contributed by atoms with Gasteiger partial charge in [-0.3, -0.25) is 4.79 Å². The lowest BCUT2D eigenvalue weighted by molar-refractivity contribution is -0.143. The van der Waals surface area contributed by atoms with Gasteiger partial charge in [0.25, 0.3) is 5.91 Å². The van der Waals surface area contributed by atoms with Crippen LogP contribution in [0.25, 0.3) is 0 Å². The van der Waals surface area contributed by atoms with Crippen LogP contribution in [-0.2, 0) is 25.5 Å². The fourth-order valence-electron chi connectivity index (χ4n) is 2.46. The highest BCUT2D eigenvalue weighted by Gasteiger charge is 2.30. The number of alkyl halides is 3. The van der Waals surface area contributed by atoms with Crippen LogP contribution in [0.3, 0.4) is 0 Å². The molecule has 29 heavy (non-hydrogen) atoms. The van der Waals surface area contributed by atoms with E-state index in [1.807, 2.05) is 0 Å². The molecular formula is C19H18F3NO5S. The molecule has 6 nitrogen and oxygen atoms in total. The van der Waals surface area contributed by atoms with Crippen LogP contribution >= 0.6 is 0 Å². The van der Waals surface area contributed by atoms with Crippen molar-refractivity contribution in [3.05, 3.63) is 65.7 Å². The van der Waals surface area contributed by atoms with Crippen LogP contribution in [0.15, 0.2) is 59.5 Å². The Hall–Kier alpha value is -2.88. The summed E-state index contributed by atoms with van der Waals surface area (Å²) in [6, 6.07) is 9.69. The Morgan fingerprint density at radius 1 is 1.03 bits per heavy atom. The van der Waals surface area contributed by atoms with Crippen molar-refractivity contribution in [1.82, 2.24) is 5.32 Å². The topological polar surface area (TPSA) is 89.5 Å². The third-order valence-electron chi connectivity index (χ3n) is 4.04. The Bertz CT molecular complexity index is 958. The highest BCUT2D eigenvalue weighted by Crippen LogP contribution is 2.29. The number of sulfone groups is 1. The summed E-state index contributed by atoms with van der Waals surface area (Å²) >= 11 is 0. The summed E-state index contributed by atoms with van der Waals surface area (Å²) in [4.78, 5) is 24.3. The second-order valence-corrected chi connectivity index (χ2v) is 8.15. The normalized spacial score (nSPS) is 12.8. The number of hydrogen-bond donors (Lipinski definition) is 1. The summed E-state index contributed by atoms with van der Waals surface area (Å²) in [6.45, 7) is 0. The van der Waals surface area contributed by atoms with Crippen molar-refractivity contribution in [2.75, 3.05) is 12.9 Å². The number of hydrogen-bond acceptors (Lipinski definition) is 5. The summed E-state index contributed by atoms with van der Waals surface area (Å²) < 4.78 is 67.2. The third kappa shape index (κ3) is 6.05. The zero-order chi connectivity index (χ0) is 21.7. The molecule has 0 aliphatic heterocycles. The zero-order valence-corrected chi connectivity index (χ0v) is 16.1. The molecule has 0 aromatic heterocycles. The van der Waals surface area contributed by atoms with Gasteiger partial charge in [0.05, 0.1) is 23.3 Å². The quantitative estimate of drug-likeness (QED) is 0.684. The summed E-state index contributed by atoms with van der Waals surface area (Å²) in [7, 11) is -2.63. The smallest absolute Gasteiger partial charge is 0.416 e. The molecule has 0 saturated carbocycles. The summed E-state index contributed by atoms with van der Waals surface area (Å²) in [6.07, 6.45) is -4.81. The predicted octanol–water partition coefficient (Wildman–Crippen LogP) is 2.84. The van der Waals surface area contributed by atoms with Gasteiger partial charge in [-0.25, -0.2) is 13.2 Å². The van der Waals surface area contributed by atoms with Crippen LogP contribution in [0.2, 0.25) is 0 Å². The molecule has 0 bridgehead atoms. The van der Waals surface area contributed by atoms with Crippen LogP contribution in [0, 0.1) is 0 Å². The van der Waals surface area contributed by atoms with Gasteiger partial charge >= 0.3 is 12.1 Å². The summed E-state index contributed by atoms with van der Waals surface area (Å²) in [5.74, 6) is -2.14.